The molecule has 4 fully saturated rings. The van der Waals surface area contributed by atoms with Crippen LogP contribution in [-0.2, 0) is 19.6 Å². The van der Waals surface area contributed by atoms with Crippen molar-refractivity contribution in [3.63, 3.8) is 0 Å². The molecule has 4 aliphatic rings. The Hall–Kier alpha value is -1.93. The zero-order valence-electron chi connectivity index (χ0n) is 20.8. The monoisotopic (exact) mass is 489 g/mol. The summed E-state index contributed by atoms with van der Waals surface area (Å²) < 4.78 is 27.9. The van der Waals surface area contributed by atoms with Gasteiger partial charge in [0.15, 0.2) is 0 Å². The number of benzene rings is 1. The van der Waals surface area contributed by atoms with Crippen molar-refractivity contribution in [1.82, 2.24) is 15.4 Å². The Morgan fingerprint density at radius 2 is 1.59 bits per heavy atom. The molecule has 34 heavy (non-hydrogen) atoms. The van der Waals surface area contributed by atoms with Gasteiger partial charge in [-0.25, -0.2) is 13.1 Å². The Morgan fingerprint density at radius 3 is 2.15 bits per heavy atom. The molecule has 1 unspecified atom stereocenters. The summed E-state index contributed by atoms with van der Waals surface area (Å²) in [6.07, 6.45) is 6.65. The molecule has 4 aliphatic carbocycles. The Bertz CT molecular complexity index is 1010. The Morgan fingerprint density at radius 1 is 1.00 bits per heavy atom. The van der Waals surface area contributed by atoms with E-state index in [2.05, 4.69) is 15.4 Å². The fourth-order valence-corrected chi connectivity index (χ4v) is 8.13. The standard InChI is InChI=1S/C26H39N3O4S/c1-16(2)23(29-25(31)26-13-19-10-20(14-26)12-21(11-19)15-26)24(30)27-7-8-28-34(32,33)22-9-17(3)5-6-18(22)4/h5-6,9,16,19-21,23,28H,7-8,10-15H2,1-4H3,(H,27,30)(H,29,31). The van der Waals surface area contributed by atoms with E-state index in [-0.39, 0.29) is 41.1 Å². The van der Waals surface area contributed by atoms with Gasteiger partial charge in [0.25, 0.3) is 0 Å². The molecule has 2 amide bonds. The van der Waals surface area contributed by atoms with E-state index in [0.29, 0.717) is 23.3 Å². The van der Waals surface area contributed by atoms with E-state index in [1.54, 1.807) is 19.1 Å². The van der Waals surface area contributed by atoms with E-state index in [4.69, 9.17) is 0 Å². The number of sulfonamides is 1. The third-order valence-electron chi connectivity index (χ3n) is 8.11. The van der Waals surface area contributed by atoms with Crippen LogP contribution in [-0.4, -0.2) is 39.4 Å². The number of amides is 2. The molecule has 0 radical (unpaired) electrons. The average Bonchev–Trinajstić information content (AvgIpc) is 2.75. The van der Waals surface area contributed by atoms with Crippen molar-refractivity contribution in [3.05, 3.63) is 29.3 Å². The average molecular weight is 490 g/mol. The van der Waals surface area contributed by atoms with Crippen LogP contribution in [0.5, 0.6) is 0 Å². The highest BCUT2D eigenvalue weighted by molar-refractivity contribution is 7.89. The first-order chi connectivity index (χ1) is 16.0. The minimum Gasteiger partial charge on any atom is -0.353 e. The van der Waals surface area contributed by atoms with Gasteiger partial charge < -0.3 is 10.6 Å². The van der Waals surface area contributed by atoms with Crippen molar-refractivity contribution in [3.8, 4) is 0 Å². The third kappa shape index (κ3) is 5.18. The molecule has 0 heterocycles. The van der Waals surface area contributed by atoms with Gasteiger partial charge in [0.1, 0.15) is 6.04 Å². The molecule has 0 saturated heterocycles. The minimum atomic E-state index is -3.66. The van der Waals surface area contributed by atoms with E-state index in [0.717, 1.165) is 24.8 Å². The molecule has 0 spiro atoms. The number of hydrogen-bond donors (Lipinski definition) is 3. The second-order valence-corrected chi connectivity index (χ2v) is 13.1. The van der Waals surface area contributed by atoms with Crippen LogP contribution in [0, 0.1) is 42.9 Å². The summed E-state index contributed by atoms with van der Waals surface area (Å²) in [5.74, 6) is 1.69. The van der Waals surface area contributed by atoms with Crippen LogP contribution < -0.4 is 15.4 Å². The highest BCUT2D eigenvalue weighted by Gasteiger charge is 2.55. The molecule has 7 nitrogen and oxygen atoms in total. The lowest BCUT2D eigenvalue weighted by atomic mass is 9.49. The van der Waals surface area contributed by atoms with Gasteiger partial charge in [0.05, 0.1) is 4.90 Å². The van der Waals surface area contributed by atoms with Gasteiger partial charge >= 0.3 is 0 Å². The van der Waals surface area contributed by atoms with Gasteiger partial charge in [0, 0.05) is 18.5 Å². The van der Waals surface area contributed by atoms with Gasteiger partial charge in [0.2, 0.25) is 21.8 Å². The Labute approximate surface area is 203 Å². The predicted octanol–water partition coefficient (Wildman–Crippen LogP) is 3.06. The lowest BCUT2D eigenvalue weighted by Crippen LogP contribution is -2.58. The lowest BCUT2D eigenvalue weighted by molar-refractivity contribution is -0.149. The van der Waals surface area contributed by atoms with E-state index in [1.807, 2.05) is 26.8 Å². The Balaban J connectivity index is 1.31. The summed E-state index contributed by atoms with van der Waals surface area (Å²) in [7, 11) is -3.66. The van der Waals surface area contributed by atoms with E-state index in [9.17, 15) is 18.0 Å². The van der Waals surface area contributed by atoms with Crippen molar-refractivity contribution in [2.75, 3.05) is 13.1 Å². The molecule has 188 valence electrons. The summed E-state index contributed by atoms with van der Waals surface area (Å²) in [5, 5.41) is 5.89. The third-order valence-corrected chi connectivity index (χ3v) is 9.71. The predicted molar refractivity (Wildman–Crippen MR) is 131 cm³/mol. The summed E-state index contributed by atoms with van der Waals surface area (Å²) in [5.41, 5.74) is 1.24. The van der Waals surface area contributed by atoms with Gasteiger partial charge in [-0.15, -0.1) is 0 Å². The fourth-order valence-electron chi connectivity index (χ4n) is 6.77. The number of rotatable bonds is 9. The number of carbonyl (C=O) groups is 2. The second kappa shape index (κ2) is 9.61. The Kier molecular flexibility index (Phi) is 7.11. The molecule has 0 aliphatic heterocycles. The normalized spacial score (nSPS) is 28.7. The number of nitrogens with one attached hydrogen (secondary N) is 3. The minimum absolute atomic E-state index is 0.0380. The molecule has 1 atom stereocenters. The van der Waals surface area contributed by atoms with Gasteiger partial charge in [-0.1, -0.05) is 26.0 Å². The molecule has 4 saturated carbocycles. The zero-order valence-corrected chi connectivity index (χ0v) is 21.6. The van der Waals surface area contributed by atoms with Gasteiger partial charge in [-0.05, 0) is 93.2 Å². The second-order valence-electron chi connectivity index (χ2n) is 11.4. The highest BCUT2D eigenvalue weighted by atomic mass is 32.2. The topological polar surface area (TPSA) is 104 Å². The number of carbonyl (C=O) groups excluding carboxylic acids is 2. The van der Waals surface area contributed by atoms with E-state index >= 15 is 0 Å². The summed E-state index contributed by atoms with van der Waals surface area (Å²) in [6, 6.07) is 4.67. The van der Waals surface area contributed by atoms with Crippen molar-refractivity contribution < 1.29 is 18.0 Å². The molecule has 0 aromatic heterocycles. The molecule has 1 aromatic rings. The molecular weight excluding hydrogens is 450 g/mol. The van der Waals surface area contributed by atoms with Crippen LogP contribution in [0.1, 0.15) is 63.5 Å². The zero-order chi connectivity index (χ0) is 24.7. The van der Waals surface area contributed by atoms with Crippen LogP contribution in [0.4, 0.5) is 0 Å². The number of aryl methyl sites for hydroxylation is 2. The first-order valence-corrected chi connectivity index (χ1v) is 14.1. The van der Waals surface area contributed by atoms with E-state index in [1.165, 1.54) is 19.3 Å². The summed E-state index contributed by atoms with van der Waals surface area (Å²) >= 11 is 0. The van der Waals surface area contributed by atoms with Crippen LogP contribution in [0.3, 0.4) is 0 Å². The molecule has 8 heteroatoms. The quantitative estimate of drug-likeness (QED) is 0.464. The van der Waals surface area contributed by atoms with Crippen molar-refractivity contribution in [1.29, 1.82) is 0 Å². The van der Waals surface area contributed by atoms with Crippen LogP contribution in [0.15, 0.2) is 23.1 Å². The van der Waals surface area contributed by atoms with Crippen LogP contribution >= 0.6 is 0 Å². The maximum atomic E-state index is 13.4. The lowest BCUT2D eigenvalue weighted by Gasteiger charge is -2.55. The van der Waals surface area contributed by atoms with Crippen molar-refractivity contribution in [2.45, 2.75) is 77.2 Å². The summed E-state index contributed by atoms with van der Waals surface area (Å²) in [6.45, 7) is 7.69. The first-order valence-electron chi connectivity index (χ1n) is 12.6. The molecule has 1 aromatic carbocycles. The SMILES string of the molecule is Cc1ccc(C)c(S(=O)(=O)NCCNC(=O)C(NC(=O)C23CC4CC(CC(C4)C2)C3)C(C)C)c1. The van der Waals surface area contributed by atoms with Crippen molar-refractivity contribution in [2.24, 2.45) is 29.1 Å². The maximum absolute atomic E-state index is 13.4. The summed E-state index contributed by atoms with van der Waals surface area (Å²) in [4.78, 5) is 26.6. The smallest absolute Gasteiger partial charge is 0.242 e. The van der Waals surface area contributed by atoms with Crippen LogP contribution in [0.25, 0.3) is 0 Å². The van der Waals surface area contributed by atoms with Crippen LogP contribution in [0.2, 0.25) is 0 Å². The highest BCUT2D eigenvalue weighted by Crippen LogP contribution is 2.60. The molecular formula is C26H39N3O4S. The fraction of sp³-hybridized carbons (Fsp3) is 0.692. The largest absolute Gasteiger partial charge is 0.353 e. The molecule has 5 rings (SSSR count). The molecule has 3 N–H and O–H groups in total. The van der Waals surface area contributed by atoms with Gasteiger partial charge in [-0.2, -0.15) is 0 Å². The van der Waals surface area contributed by atoms with Crippen molar-refractivity contribution >= 4 is 21.8 Å². The molecule has 4 bridgehead atoms. The van der Waals surface area contributed by atoms with Gasteiger partial charge in [-0.3, -0.25) is 9.59 Å². The first kappa shape index (κ1) is 25.2. The number of hydrogen-bond acceptors (Lipinski definition) is 4. The van der Waals surface area contributed by atoms with E-state index < -0.39 is 16.1 Å². The maximum Gasteiger partial charge on any atom is 0.242 e.